The van der Waals surface area contributed by atoms with Crippen LogP contribution in [0, 0.1) is 20.8 Å². The average molecular weight is 490 g/mol. The zero-order chi connectivity index (χ0) is 21.6. The Kier molecular flexibility index (Phi) is 5.53. The predicted octanol–water partition coefficient (Wildman–Crippen LogP) is 4.95. The molecule has 0 spiro atoms. The van der Waals surface area contributed by atoms with Crippen LogP contribution in [0.2, 0.25) is 0 Å². The maximum absolute atomic E-state index is 13.6. The SMILES string of the molecule is Cc1cc2oc(C(=O)N(Cc3cccc(Br)c3)[C@@H]3CCS(=O)(=O)C3)c(C)c2cc1C. The molecule has 0 unspecified atom stereocenters. The molecule has 1 aromatic heterocycles. The van der Waals surface area contributed by atoms with Gasteiger partial charge in [0.25, 0.3) is 5.91 Å². The van der Waals surface area contributed by atoms with E-state index in [4.69, 9.17) is 4.42 Å². The molecule has 158 valence electrons. The molecule has 4 rings (SSSR count). The second-order valence-corrected chi connectivity index (χ2v) is 11.3. The highest BCUT2D eigenvalue weighted by molar-refractivity contribution is 9.10. The molecule has 0 saturated carbocycles. The Labute approximate surface area is 185 Å². The number of furan rings is 1. The largest absolute Gasteiger partial charge is 0.451 e. The number of hydrogen-bond acceptors (Lipinski definition) is 4. The summed E-state index contributed by atoms with van der Waals surface area (Å²) >= 11 is 3.47. The van der Waals surface area contributed by atoms with Gasteiger partial charge in [0.2, 0.25) is 0 Å². The topological polar surface area (TPSA) is 67.6 Å². The van der Waals surface area contributed by atoms with Gasteiger partial charge in [-0.15, -0.1) is 0 Å². The Balaban J connectivity index is 1.75. The van der Waals surface area contributed by atoms with Gasteiger partial charge in [0, 0.05) is 28.0 Å². The number of carbonyl (C=O) groups is 1. The highest BCUT2D eigenvalue weighted by Crippen LogP contribution is 2.31. The van der Waals surface area contributed by atoms with Crippen molar-refractivity contribution < 1.29 is 17.6 Å². The van der Waals surface area contributed by atoms with Crippen LogP contribution in [0.25, 0.3) is 11.0 Å². The molecule has 0 radical (unpaired) electrons. The highest BCUT2D eigenvalue weighted by atomic mass is 79.9. The number of aryl methyl sites for hydroxylation is 3. The van der Waals surface area contributed by atoms with Crippen molar-refractivity contribution in [3.05, 3.63) is 68.9 Å². The van der Waals surface area contributed by atoms with Crippen molar-refractivity contribution in [1.29, 1.82) is 0 Å². The fourth-order valence-electron chi connectivity index (χ4n) is 4.03. The lowest BCUT2D eigenvalue weighted by molar-refractivity contribution is 0.0649. The minimum absolute atomic E-state index is 0.00969. The molecule has 0 bridgehead atoms. The number of nitrogens with zero attached hydrogens (tertiary/aromatic N) is 1. The van der Waals surface area contributed by atoms with Gasteiger partial charge < -0.3 is 9.32 Å². The van der Waals surface area contributed by atoms with Crippen LogP contribution in [0.3, 0.4) is 0 Å². The van der Waals surface area contributed by atoms with Crippen molar-refractivity contribution in [3.63, 3.8) is 0 Å². The van der Waals surface area contributed by atoms with Gasteiger partial charge in [-0.1, -0.05) is 28.1 Å². The molecule has 7 heteroatoms. The van der Waals surface area contributed by atoms with Crippen molar-refractivity contribution in [2.24, 2.45) is 0 Å². The lowest BCUT2D eigenvalue weighted by Crippen LogP contribution is -2.40. The molecule has 0 aliphatic carbocycles. The summed E-state index contributed by atoms with van der Waals surface area (Å²) in [4.78, 5) is 15.3. The number of halogens is 1. The average Bonchev–Trinajstić information content (AvgIpc) is 3.19. The third-order valence-electron chi connectivity index (χ3n) is 5.90. The van der Waals surface area contributed by atoms with Crippen LogP contribution in [-0.4, -0.2) is 36.8 Å². The van der Waals surface area contributed by atoms with E-state index in [2.05, 4.69) is 15.9 Å². The Hall–Kier alpha value is -2.12. The second kappa shape index (κ2) is 7.85. The van der Waals surface area contributed by atoms with Gasteiger partial charge in [0.15, 0.2) is 15.6 Å². The number of benzene rings is 2. The van der Waals surface area contributed by atoms with Gasteiger partial charge >= 0.3 is 0 Å². The van der Waals surface area contributed by atoms with Gasteiger partial charge in [-0.25, -0.2) is 8.42 Å². The standard InChI is InChI=1S/C23H24BrNO4S/c1-14-9-20-16(3)22(29-21(20)10-15(14)2)23(26)25(19-7-8-30(27,28)13-19)12-17-5-4-6-18(24)11-17/h4-6,9-11,19H,7-8,12-13H2,1-3H3/t19-/m1/s1. The first-order chi connectivity index (χ1) is 14.1. The van der Waals surface area contributed by atoms with Gasteiger partial charge in [-0.05, 0) is 68.1 Å². The summed E-state index contributed by atoms with van der Waals surface area (Å²) in [5, 5.41) is 0.919. The Morgan fingerprint density at radius 3 is 2.57 bits per heavy atom. The number of carbonyl (C=O) groups excluding carboxylic acids is 1. The molecule has 5 nitrogen and oxygen atoms in total. The molecule has 0 N–H and O–H groups in total. The van der Waals surface area contributed by atoms with E-state index < -0.39 is 9.84 Å². The van der Waals surface area contributed by atoms with Gasteiger partial charge in [-0.2, -0.15) is 0 Å². The molecule has 3 aromatic rings. The molecule has 30 heavy (non-hydrogen) atoms. The van der Waals surface area contributed by atoms with Crippen molar-refractivity contribution in [2.45, 2.75) is 39.8 Å². The van der Waals surface area contributed by atoms with Crippen molar-refractivity contribution >= 4 is 42.6 Å². The molecule has 1 fully saturated rings. The van der Waals surface area contributed by atoms with Crippen LogP contribution in [0.4, 0.5) is 0 Å². The Morgan fingerprint density at radius 1 is 1.17 bits per heavy atom. The van der Waals surface area contributed by atoms with E-state index in [1.165, 1.54) is 0 Å². The lowest BCUT2D eigenvalue weighted by atomic mass is 10.0. The maximum atomic E-state index is 13.6. The van der Waals surface area contributed by atoms with E-state index in [1.54, 1.807) is 4.90 Å². The fourth-order valence-corrected chi connectivity index (χ4v) is 6.21. The smallest absolute Gasteiger partial charge is 0.290 e. The number of fused-ring (bicyclic) bond motifs is 1. The minimum atomic E-state index is -3.14. The highest BCUT2D eigenvalue weighted by Gasteiger charge is 2.36. The summed E-state index contributed by atoms with van der Waals surface area (Å²) in [6.45, 7) is 6.26. The van der Waals surface area contributed by atoms with Gasteiger partial charge in [0.1, 0.15) is 5.58 Å². The number of sulfone groups is 1. The van der Waals surface area contributed by atoms with E-state index in [0.717, 1.165) is 32.1 Å². The third kappa shape index (κ3) is 4.05. The van der Waals surface area contributed by atoms with Crippen LogP contribution in [0.5, 0.6) is 0 Å². The van der Waals surface area contributed by atoms with Crippen LogP contribution in [0.1, 0.15) is 39.2 Å². The third-order valence-corrected chi connectivity index (χ3v) is 8.14. The summed E-state index contributed by atoms with van der Waals surface area (Å²) in [5.41, 5.74) is 4.64. The first kappa shape index (κ1) is 21.1. The van der Waals surface area contributed by atoms with Crippen molar-refractivity contribution in [2.75, 3.05) is 11.5 Å². The predicted molar refractivity (Wildman–Crippen MR) is 121 cm³/mol. The molecule has 2 aromatic carbocycles. The Bertz CT molecular complexity index is 1250. The molecular weight excluding hydrogens is 466 g/mol. The fraction of sp³-hybridized carbons (Fsp3) is 0.348. The maximum Gasteiger partial charge on any atom is 0.290 e. The number of rotatable bonds is 4. The van der Waals surface area contributed by atoms with E-state index in [9.17, 15) is 13.2 Å². The van der Waals surface area contributed by atoms with Crippen LogP contribution in [0.15, 0.2) is 45.3 Å². The molecule has 2 heterocycles. The van der Waals surface area contributed by atoms with Crippen LogP contribution >= 0.6 is 15.9 Å². The molecule has 1 amide bonds. The number of hydrogen-bond donors (Lipinski definition) is 0. The van der Waals surface area contributed by atoms with Crippen molar-refractivity contribution in [3.8, 4) is 0 Å². The van der Waals surface area contributed by atoms with E-state index in [1.807, 2.05) is 57.2 Å². The minimum Gasteiger partial charge on any atom is -0.451 e. The molecule has 1 aliphatic rings. The molecule has 1 atom stereocenters. The van der Waals surface area contributed by atoms with Crippen molar-refractivity contribution in [1.82, 2.24) is 4.90 Å². The first-order valence-corrected chi connectivity index (χ1v) is 12.5. The monoisotopic (exact) mass is 489 g/mol. The summed E-state index contributed by atoms with van der Waals surface area (Å²) in [6, 6.07) is 11.3. The second-order valence-electron chi connectivity index (χ2n) is 8.11. The summed E-state index contributed by atoms with van der Waals surface area (Å²) < 4.78 is 31.2. The van der Waals surface area contributed by atoms with E-state index in [-0.39, 0.29) is 29.2 Å². The summed E-state index contributed by atoms with van der Waals surface area (Å²) in [6.07, 6.45) is 0.444. The zero-order valence-corrected chi connectivity index (χ0v) is 19.6. The summed E-state index contributed by atoms with van der Waals surface area (Å²) in [5.74, 6) is 0.122. The molecule has 1 aliphatic heterocycles. The molecule has 1 saturated heterocycles. The van der Waals surface area contributed by atoms with Crippen LogP contribution in [-0.2, 0) is 16.4 Å². The zero-order valence-electron chi connectivity index (χ0n) is 17.2. The normalized spacial score (nSPS) is 18.1. The van der Waals surface area contributed by atoms with Gasteiger partial charge in [-0.3, -0.25) is 4.79 Å². The van der Waals surface area contributed by atoms with Gasteiger partial charge in [0.05, 0.1) is 11.5 Å². The van der Waals surface area contributed by atoms with E-state index in [0.29, 0.717) is 18.5 Å². The molecular formula is C23H24BrNO4S. The van der Waals surface area contributed by atoms with Crippen LogP contribution < -0.4 is 0 Å². The summed E-state index contributed by atoms with van der Waals surface area (Å²) in [7, 11) is -3.14. The lowest BCUT2D eigenvalue weighted by Gasteiger charge is -2.28. The number of amides is 1. The Morgan fingerprint density at radius 2 is 1.90 bits per heavy atom. The first-order valence-electron chi connectivity index (χ1n) is 9.91. The van der Waals surface area contributed by atoms with E-state index >= 15 is 0 Å². The quantitative estimate of drug-likeness (QED) is 0.519.